The highest BCUT2D eigenvalue weighted by atomic mass is 16.8. The monoisotopic (exact) mass is 214 g/mol. The smallest absolute Gasteiger partial charge is 0.330 e. The van der Waals surface area contributed by atoms with E-state index in [2.05, 4.69) is 6.58 Å². The normalized spacial score (nSPS) is 24.9. The predicted molar refractivity (Wildman–Crippen MR) is 55.3 cm³/mol. The third kappa shape index (κ3) is 3.04. The molecule has 4 heteroatoms. The second-order valence-electron chi connectivity index (χ2n) is 4.55. The van der Waals surface area contributed by atoms with Crippen molar-refractivity contribution in [2.75, 3.05) is 6.61 Å². The van der Waals surface area contributed by atoms with E-state index in [1.54, 1.807) is 13.8 Å². The average molecular weight is 214 g/mol. The van der Waals surface area contributed by atoms with Gasteiger partial charge in [-0.1, -0.05) is 6.58 Å². The first kappa shape index (κ1) is 12.2. The van der Waals surface area contributed by atoms with Gasteiger partial charge in [0.15, 0.2) is 5.79 Å². The van der Waals surface area contributed by atoms with Crippen molar-refractivity contribution in [3.05, 3.63) is 12.7 Å². The average Bonchev–Trinajstić information content (AvgIpc) is 2.45. The Bertz CT molecular complexity index is 268. The molecular formula is C11H18O4. The Balaban J connectivity index is 2.63. The summed E-state index contributed by atoms with van der Waals surface area (Å²) in [7, 11) is 0. The lowest BCUT2D eigenvalue weighted by atomic mass is 10.0. The summed E-state index contributed by atoms with van der Waals surface area (Å²) < 4.78 is 16.2. The summed E-state index contributed by atoms with van der Waals surface area (Å²) in [5.74, 6) is -1.06. The minimum Gasteiger partial charge on any atom is -0.454 e. The minimum atomic E-state index is -0.709. The van der Waals surface area contributed by atoms with E-state index in [1.165, 1.54) is 0 Å². The van der Waals surface area contributed by atoms with Crippen LogP contribution in [0.3, 0.4) is 0 Å². The molecule has 0 aromatic rings. The van der Waals surface area contributed by atoms with Crippen LogP contribution in [0.1, 0.15) is 27.7 Å². The highest BCUT2D eigenvalue weighted by Gasteiger charge is 2.43. The molecule has 1 atom stereocenters. The number of carbonyl (C=O) groups excluding carboxylic acids is 1. The van der Waals surface area contributed by atoms with Crippen molar-refractivity contribution >= 4 is 5.97 Å². The van der Waals surface area contributed by atoms with E-state index in [0.29, 0.717) is 6.61 Å². The molecule has 0 amide bonds. The molecule has 0 aliphatic carbocycles. The summed E-state index contributed by atoms with van der Waals surface area (Å²) in [5.41, 5.74) is -0.709. The summed E-state index contributed by atoms with van der Waals surface area (Å²) in [6.07, 6.45) is 0.888. The molecule has 1 aliphatic rings. The van der Waals surface area contributed by atoms with Crippen molar-refractivity contribution in [2.45, 2.75) is 45.2 Å². The SMILES string of the molecule is C=CC(=O)OC(C)(C)[C@@H]1COC(C)(C)O1. The van der Waals surface area contributed by atoms with E-state index in [-0.39, 0.29) is 6.10 Å². The molecule has 0 spiro atoms. The van der Waals surface area contributed by atoms with E-state index in [4.69, 9.17) is 14.2 Å². The molecule has 1 heterocycles. The molecule has 0 unspecified atom stereocenters. The Morgan fingerprint density at radius 2 is 2.20 bits per heavy atom. The van der Waals surface area contributed by atoms with Crippen LogP contribution in [0.4, 0.5) is 0 Å². The van der Waals surface area contributed by atoms with Gasteiger partial charge in [0.2, 0.25) is 0 Å². The van der Waals surface area contributed by atoms with Gasteiger partial charge in [-0.15, -0.1) is 0 Å². The molecule has 4 nitrogen and oxygen atoms in total. The first-order valence-electron chi connectivity index (χ1n) is 4.94. The first-order valence-corrected chi connectivity index (χ1v) is 4.94. The van der Waals surface area contributed by atoms with Crippen LogP contribution in [-0.4, -0.2) is 30.1 Å². The summed E-state index contributed by atoms with van der Waals surface area (Å²) in [6.45, 7) is 11.0. The maximum atomic E-state index is 11.1. The van der Waals surface area contributed by atoms with E-state index >= 15 is 0 Å². The van der Waals surface area contributed by atoms with Crippen LogP contribution in [0.5, 0.6) is 0 Å². The van der Waals surface area contributed by atoms with E-state index in [0.717, 1.165) is 6.08 Å². The highest BCUT2D eigenvalue weighted by molar-refractivity contribution is 5.81. The van der Waals surface area contributed by atoms with Gasteiger partial charge >= 0.3 is 5.97 Å². The van der Waals surface area contributed by atoms with Crippen LogP contribution in [0, 0.1) is 0 Å². The maximum absolute atomic E-state index is 11.1. The van der Waals surface area contributed by atoms with Gasteiger partial charge in [0.1, 0.15) is 11.7 Å². The molecule has 1 saturated heterocycles. The number of esters is 1. The van der Waals surface area contributed by atoms with Gasteiger partial charge in [-0.2, -0.15) is 0 Å². The Hall–Kier alpha value is -0.870. The van der Waals surface area contributed by atoms with Crippen LogP contribution in [0.2, 0.25) is 0 Å². The van der Waals surface area contributed by atoms with Crippen LogP contribution in [0.15, 0.2) is 12.7 Å². The molecule has 0 aromatic carbocycles. The molecule has 1 fully saturated rings. The topological polar surface area (TPSA) is 44.8 Å². The van der Waals surface area contributed by atoms with Gasteiger partial charge < -0.3 is 14.2 Å². The lowest BCUT2D eigenvalue weighted by molar-refractivity contribution is -0.182. The van der Waals surface area contributed by atoms with Crippen LogP contribution >= 0.6 is 0 Å². The maximum Gasteiger partial charge on any atom is 0.330 e. The number of ether oxygens (including phenoxy) is 3. The van der Waals surface area contributed by atoms with Gasteiger partial charge in [0.05, 0.1) is 6.61 Å². The molecule has 1 rings (SSSR count). The first-order chi connectivity index (χ1) is 6.77. The van der Waals surface area contributed by atoms with Gasteiger partial charge in [-0.3, -0.25) is 0 Å². The van der Waals surface area contributed by atoms with E-state index in [1.807, 2.05) is 13.8 Å². The fourth-order valence-electron chi connectivity index (χ4n) is 1.40. The van der Waals surface area contributed by atoms with Crippen molar-refractivity contribution in [3.8, 4) is 0 Å². The summed E-state index contributed by atoms with van der Waals surface area (Å²) in [5, 5.41) is 0. The summed E-state index contributed by atoms with van der Waals surface area (Å²) >= 11 is 0. The van der Waals surface area contributed by atoms with Crippen LogP contribution in [-0.2, 0) is 19.0 Å². The summed E-state index contributed by atoms with van der Waals surface area (Å²) in [6, 6.07) is 0. The van der Waals surface area contributed by atoms with Gasteiger partial charge in [0, 0.05) is 6.08 Å². The van der Waals surface area contributed by atoms with Crippen LogP contribution < -0.4 is 0 Å². The Labute approximate surface area is 90.2 Å². The number of hydrogen-bond donors (Lipinski definition) is 0. The second-order valence-corrected chi connectivity index (χ2v) is 4.55. The minimum absolute atomic E-state index is 0.253. The molecule has 86 valence electrons. The zero-order valence-electron chi connectivity index (χ0n) is 9.70. The van der Waals surface area contributed by atoms with Crippen molar-refractivity contribution in [1.82, 2.24) is 0 Å². The second kappa shape index (κ2) is 3.94. The molecule has 1 aliphatic heterocycles. The fraction of sp³-hybridized carbons (Fsp3) is 0.727. The van der Waals surface area contributed by atoms with E-state index < -0.39 is 17.4 Å². The lowest BCUT2D eigenvalue weighted by Crippen LogP contribution is -2.43. The number of hydrogen-bond acceptors (Lipinski definition) is 4. The largest absolute Gasteiger partial charge is 0.454 e. The standard InChI is InChI=1S/C11H18O4/c1-6-9(12)15-10(2,3)8-7-13-11(4,5)14-8/h6,8H,1,7H2,2-5H3/t8-/m0/s1. The Morgan fingerprint density at radius 1 is 1.60 bits per heavy atom. The molecule has 0 aromatic heterocycles. The molecule has 0 saturated carbocycles. The molecule has 0 N–H and O–H groups in total. The lowest BCUT2D eigenvalue weighted by Gasteiger charge is -2.30. The van der Waals surface area contributed by atoms with Crippen molar-refractivity contribution in [1.29, 1.82) is 0 Å². The molecule has 15 heavy (non-hydrogen) atoms. The van der Waals surface area contributed by atoms with Crippen molar-refractivity contribution in [3.63, 3.8) is 0 Å². The van der Waals surface area contributed by atoms with Gasteiger partial charge in [-0.25, -0.2) is 4.79 Å². The van der Waals surface area contributed by atoms with Crippen LogP contribution in [0.25, 0.3) is 0 Å². The van der Waals surface area contributed by atoms with E-state index in [9.17, 15) is 4.79 Å². The van der Waals surface area contributed by atoms with Crippen molar-refractivity contribution < 1.29 is 19.0 Å². The predicted octanol–water partition coefficient (Wildman–Crippen LogP) is 1.65. The number of rotatable bonds is 3. The van der Waals surface area contributed by atoms with Gasteiger partial charge in [0.25, 0.3) is 0 Å². The molecule has 0 bridgehead atoms. The summed E-state index contributed by atoms with van der Waals surface area (Å²) in [4.78, 5) is 11.1. The van der Waals surface area contributed by atoms with Crippen molar-refractivity contribution in [2.24, 2.45) is 0 Å². The quantitative estimate of drug-likeness (QED) is 0.529. The highest BCUT2D eigenvalue weighted by Crippen LogP contribution is 2.30. The fourth-order valence-corrected chi connectivity index (χ4v) is 1.40. The number of carbonyl (C=O) groups is 1. The zero-order chi connectivity index (χ0) is 11.7. The molecular weight excluding hydrogens is 196 g/mol. The Morgan fingerprint density at radius 3 is 2.60 bits per heavy atom. The third-order valence-corrected chi connectivity index (χ3v) is 2.31. The third-order valence-electron chi connectivity index (χ3n) is 2.31. The zero-order valence-corrected chi connectivity index (χ0v) is 9.70. The Kier molecular flexibility index (Phi) is 3.21. The van der Waals surface area contributed by atoms with Gasteiger partial charge in [-0.05, 0) is 27.7 Å². The molecule has 0 radical (unpaired) electrons.